The van der Waals surface area contributed by atoms with Crippen LogP contribution in [0.4, 0.5) is 13.2 Å². The molecule has 0 radical (unpaired) electrons. The third-order valence-electron chi connectivity index (χ3n) is 8.31. The van der Waals surface area contributed by atoms with Crippen molar-refractivity contribution in [2.24, 2.45) is 5.92 Å². The molecule has 0 bridgehead atoms. The fourth-order valence-electron chi connectivity index (χ4n) is 5.91. The first-order valence-electron chi connectivity index (χ1n) is 13.8. The number of carboxylic acids is 1. The van der Waals surface area contributed by atoms with Gasteiger partial charge in [-0.1, -0.05) is 30.3 Å². The van der Waals surface area contributed by atoms with E-state index in [4.69, 9.17) is 0 Å². The van der Waals surface area contributed by atoms with E-state index < -0.39 is 41.6 Å². The zero-order valence-corrected chi connectivity index (χ0v) is 22.8. The lowest BCUT2D eigenvalue weighted by molar-refractivity contribution is -0.138. The van der Waals surface area contributed by atoms with E-state index in [9.17, 15) is 19.1 Å². The number of rotatable bonds is 5. The molecule has 1 fully saturated rings. The molecule has 1 aliphatic heterocycles. The highest BCUT2D eigenvalue weighted by atomic mass is 19.1. The number of nitrogens with zero attached hydrogens (tertiary/aromatic N) is 5. The summed E-state index contributed by atoms with van der Waals surface area (Å²) in [7, 11) is 0. The molecule has 0 saturated heterocycles. The number of hydrogen-bond donors (Lipinski definition) is 1. The maximum Gasteiger partial charge on any atom is 0.307 e. The number of alkyl halides is 1. The fourth-order valence-corrected chi connectivity index (χ4v) is 5.91. The summed E-state index contributed by atoms with van der Waals surface area (Å²) in [5, 5.41) is 13.8. The van der Waals surface area contributed by atoms with Crippen molar-refractivity contribution in [2.75, 3.05) is 6.54 Å². The van der Waals surface area contributed by atoms with Crippen LogP contribution in [-0.4, -0.2) is 48.0 Å². The van der Waals surface area contributed by atoms with Gasteiger partial charge in [-0.15, -0.1) is 0 Å². The highest BCUT2D eigenvalue weighted by Gasteiger charge is 2.44. The molecule has 2 aromatic carbocycles. The molecule has 5 aromatic rings. The average Bonchev–Trinajstić information content (AvgIpc) is 3.71. The molecule has 7 rings (SSSR count). The number of carbonyl (C=O) groups excluding carboxylic acids is 1. The Bertz CT molecular complexity index is 1930. The molecule has 4 atom stereocenters. The lowest BCUT2D eigenvalue weighted by Crippen LogP contribution is -2.40. The second-order valence-corrected chi connectivity index (χ2v) is 10.9. The van der Waals surface area contributed by atoms with Crippen LogP contribution in [0, 0.1) is 17.6 Å². The standard InChI is InChI=1S/C32H24F3N5O3/c1-16-19-4-2-3-5-20(19)25(35)15-39(16)31(41)28-12-29(26-9-7-18(33)14-36-26)40-30(37-28)13-27(38-40)21-8-6-17(10-24(21)34)22-11-23(22)32(42)43/h2-10,12-14,16,22-23,25H,11,15H2,1H3,(H,42,43)/t16-,22-,23+,25-/m1/s1. The third-order valence-corrected chi connectivity index (χ3v) is 8.31. The van der Waals surface area contributed by atoms with Crippen molar-refractivity contribution >= 4 is 17.5 Å². The Morgan fingerprint density at radius 2 is 1.77 bits per heavy atom. The van der Waals surface area contributed by atoms with E-state index in [2.05, 4.69) is 15.1 Å². The Hall–Kier alpha value is -5.06. The quantitative estimate of drug-likeness (QED) is 0.266. The SMILES string of the molecule is C[C@@H]1c2ccccc2[C@H](F)CN1C(=O)c1cc(-c2ccc(F)cn2)n2nc(-c3ccc([C@H]4C[C@@H]4C(=O)O)cc3F)cc2n1. The van der Waals surface area contributed by atoms with E-state index in [0.717, 1.165) is 6.20 Å². The van der Waals surface area contributed by atoms with Gasteiger partial charge in [-0.2, -0.15) is 5.10 Å². The Kier molecular flexibility index (Phi) is 6.26. The molecule has 2 aliphatic rings. The number of aliphatic carboxylic acids is 1. The first-order chi connectivity index (χ1) is 20.7. The molecule has 1 N–H and O–H groups in total. The Morgan fingerprint density at radius 3 is 2.47 bits per heavy atom. The molecule has 11 heteroatoms. The van der Waals surface area contributed by atoms with Crippen LogP contribution in [0.15, 0.2) is 72.9 Å². The predicted octanol–water partition coefficient (Wildman–Crippen LogP) is 6.15. The van der Waals surface area contributed by atoms with Gasteiger partial charge in [0.1, 0.15) is 23.5 Å². The summed E-state index contributed by atoms with van der Waals surface area (Å²) in [5.41, 5.74) is 3.05. The van der Waals surface area contributed by atoms with E-state index in [0.29, 0.717) is 34.5 Å². The summed E-state index contributed by atoms with van der Waals surface area (Å²) in [6.45, 7) is 1.67. The molecular weight excluding hydrogens is 559 g/mol. The first kappa shape index (κ1) is 26.8. The summed E-state index contributed by atoms with van der Waals surface area (Å²) < 4.78 is 45.6. The van der Waals surface area contributed by atoms with Gasteiger partial charge in [-0.25, -0.2) is 22.7 Å². The Labute approximate surface area is 243 Å². The van der Waals surface area contributed by atoms with E-state index in [1.54, 1.807) is 36.4 Å². The van der Waals surface area contributed by atoms with Gasteiger partial charge in [0, 0.05) is 11.6 Å². The molecule has 4 heterocycles. The first-order valence-corrected chi connectivity index (χ1v) is 13.8. The normalized spacial score (nSPS) is 21.1. The van der Waals surface area contributed by atoms with E-state index >= 15 is 8.78 Å². The molecule has 0 spiro atoms. The second-order valence-electron chi connectivity index (χ2n) is 10.9. The fraction of sp³-hybridized carbons (Fsp3) is 0.219. The van der Waals surface area contributed by atoms with Gasteiger partial charge in [-0.3, -0.25) is 14.6 Å². The lowest BCUT2D eigenvalue weighted by atomic mass is 9.92. The van der Waals surface area contributed by atoms with Crippen LogP contribution in [0.25, 0.3) is 28.3 Å². The molecule has 1 aliphatic carbocycles. The smallest absolute Gasteiger partial charge is 0.307 e. The lowest BCUT2D eigenvalue weighted by Gasteiger charge is -2.36. The number of halogens is 3. The van der Waals surface area contributed by atoms with Crippen LogP contribution >= 0.6 is 0 Å². The number of aromatic nitrogens is 4. The Morgan fingerprint density at radius 1 is 0.977 bits per heavy atom. The van der Waals surface area contributed by atoms with Crippen molar-refractivity contribution in [1.29, 1.82) is 0 Å². The maximum absolute atomic E-state index is 15.3. The van der Waals surface area contributed by atoms with Gasteiger partial charge in [0.25, 0.3) is 5.91 Å². The number of amides is 1. The van der Waals surface area contributed by atoms with Gasteiger partial charge < -0.3 is 10.0 Å². The highest BCUT2D eigenvalue weighted by molar-refractivity contribution is 5.94. The van der Waals surface area contributed by atoms with Gasteiger partial charge in [0.2, 0.25) is 0 Å². The summed E-state index contributed by atoms with van der Waals surface area (Å²) in [6.07, 6.45) is 0.125. The second kappa shape index (κ2) is 10.0. The van der Waals surface area contributed by atoms with E-state index in [-0.39, 0.29) is 35.1 Å². The van der Waals surface area contributed by atoms with Gasteiger partial charge in [0.05, 0.1) is 41.8 Å². The van der Waals surface area contributed by atoms with Crippen molar-refractivity contribution < 1.29 is 27.9 Å². The zero-order valence-electron chi connectivity index (χ0n) is 22.8. The average molecular weight is 584 g/mol. The third kappa shape index (κ3) is 4.61. The van der Waals surface area contributed by atoms with Crippen molar-refractivity contribution in [1.82, 2.24) is 24.5 Å². The van der Waals surface area contributed by atoms with Crippen molar-refractivity contribution in [2.45, 2.75) is 31.5 Å². The minimum absolute atomic E-state index is 0.00257. The molecule has 0 unspecified atom stereocenters. The summed E-state index contributed by atoms with van der Waals surface area (Å²) in [5.74, 6) is -3.30. The molecule has 3 aromatic heterocycles. The molecule has 43 heavy (non-hydrogen) atoms. The zero-order chi connectivity index (χ0) is 30.0. The van der Waals surface area contributed by atoms with Crippen LogP contribution in [0.2, 0.25) is 0 Å². The number of benzene rings is 2. The topological polar surface area (TPSA) is 101 Å². The number of hydrogen-bond acceptors (Lipinski definition) is 5. The molecule has 1 saturated carbocycles. The van der Waals surface area contributed by atoms with Crippen LogP contribution in [0.1, 0.15) is 58.7 Å². The van der Waals surface area contributed by atoms with Crippen molar-refractivity contribution in [3.8, 4) is 22.6 Å². The van der Waals surface area contributed by atoms with Crippen LogP contribution in [0.3, 0.4) is 0 Å². The van der Waals surface area contributed by atoms with Crippen molar-refractivity contribution in [3.05, 3.63) is 107 Å². The van der Waals surface area contributed by atoms with Crippen molar-refractivity contribution in [3.63, 3.8) is 0 Å². The largest absolute Gasteiger partial charge is 0.481 e. The molecule has 1 amide bonds. The number of carbonyl (C=O) groups is 2. The predicted molar refractivity (Wildman–Crippen MR) is 150 cm³/mol. The summed E-state index contributed by atoms with van der Waals surface area (Å²) in [4.78, 5) is 35.2. The van der Waals surface area contributed by atoms with E-state index in [1.807, 2.05) is 6.92 Å². The van der Waals surface area contributed by atoms with E-state index in [1.165, 1.54) is 39.7 Å². The number of pyridine rings is 1. The van der Waals surface area contributed by atoms with Crippen LogP contribution in [0.5, 0.6) is 0 Å². The van der Waals surface area contributed by atoms with Gasteiger partial charge in [0.15, 0.2) is 5.65 Å². The molecule has 216 valence electrons. The van der Waals surface area contributed by atoms with Gasteiger partial charge in [-0.05, 0) is 66.3 Å². The highest BCUT2D eigenvalue weighted by Crippen LogP contribution is 2.48. The molecule has 8 nitrogen and oxygen atoms in total. The van der Waals surface area contributed by atoms with Crippen LogP contribution < -0.4 is 0 Å². The van der Waals surface area contributed by atoms with Crippen LogP contribution in [-0.2, 0) is 4.79 Å². The maximum atomic E-state index is 15.3. The minimum Gasteiger partial charge on any atom is -0.481 e. The Balaban J connectivity index is 1.30. The monoisotopic (exact) mass is 583 g/mol. The minimum atomic E-state index is -1.37. The molecular formula is C32H24F3N5O3. The summed E-state index contributed by atoms with van der Waals surface area (Å²) >= 11 is 0. The van der Waals surface area contributed by atoms with Gasteiger partial charge >= 0.3 is 5.97 Å². The summed E-state index contributed by atoms with van der Waals surface area (Å²) in [6, 6.07) is 16.8. The number of fused-ring (bicyclic) bond motifs is 2. The number of carboxylic acid groups (broad SMARTS) is 1.